The molecule has 1 aliphatic carbocycles. The SMILES string of the molecule is O=C(NC1CC1)c1ccc(N2CCC(Cc3ccccc3)CC2)cn1. The molecule has 4 nitrogen and oxygen atoms in total. The van der Waals surface area contributed by atoms with Crippen LogP contribution in [0.3, 0.4) is 0 Å². The Morgan fingerprint density at radius 1 is 1.04 bits per heavy atom. The van der Waals surface area contributed by atoms with E-state index in [0.717, 1.165) is 37.5 Å². The number of pyridine rings is 1. The minimum atomic E-state index is -0.0457. The summed E-state index contributed by atoms with van der Waals surface area (Å²) in [4.78, 5) is 18.8. The van der Waals surface area contributed by atoms with Gasteiger partial charge >= 0.3 is 0 Å². The van der Waals surface area contributed by atoms with E-state index in [4.69, 9.17) is 0 Å². The van der Waals surface area contributed by atoms with Gasteiger partial charge in [-0.3, -0.25) is 4.79 Å². The molecule has 2 heterocycles. The molecule has 0 spiro atoms. The fourth-order valence-electron chi connectivity index (χ4n) is 3.54. The number of nitrogens with one attached hydrogen (secondary N) is 1. The zero-order valence-corrected chi connectivity index (χ0v) is 14.5. The molecular formula is C21H25N3O. The van der Waals surface area contributed by atoms with E-state index in [1.165, 1.54) is 24.8 Å². The highest BCUT2D eigenvalue weighted by molar-refractivity contribution is 5.92. The molecule has 2 aromatic rings. The van der Waals surface area contributed by atoms with Crippen LogP contribution in [0.25, 0.3) is 0 Å². The molecule has 1 saturated carbocycles. The second kappa shape index (κ2) is 7.26. The lowest BCUT2D eigenvalue weighted by molar-refractivity contribution is 0.0946. The highest BCUT2D eigenvalue weighted by Gasteiger charge is 2.24. The Morgan fingerprint density at radius 3 is 2.44 bits per heavy atom. The minimum Gasteiger partial charge on any atom is -0.370 e. The van der Waals surface area contributed by atoms with Crippen LogP contribution < -0.4 is 10.2 Å². The van der Waals surface area contributed by atoms with Crippen molar-refractivity contribution in [3.63, 3.8) is 0 Å². The Bertz CT molecular complexity index is 702. The van der Waals surface area contributed by atoms with Crippen LogP contribution in [0.5, 0.6) is 0 Å². The van der Waals surface area contributed by atoms with Gasteiger partial charge in [0, 0.05) is 19.1 Å². The Balaban J connectivity index is 1.30. The van der Waals surface area contributed by atoms with Crippen LogP contribution in [0, 0.1) is 5.92 Å². The average Bonchev–Trinajstić information content (AvgIpc) is 3.47. The molecule has 1 saturated heterocycles. The lowest BCUT2D eigenvalue weighted by Gasteiger charge is -2.33. The molecule has 0 unspecified atom stereocenters. The van der Waals surface area contributed by atoms with Crippen molar-refractivity contribution in [2.75, 3.05) is 18.0 Å². The third-order valence-corrected chi connectivity index (χ3v) is 5.24. The van der Waals surface area contributed by atoms with Crippen molar-refractivity contribution < 1.29 is 4.79 Å². The number of benzene rings is 1. The van der Waals surface area contributed by atoms with Crippen LogP contribution in [0.4, 0.5) is 5.69 Å². The number of hydrogen-bond donors (Lipinski definition) is 1. The topological polar surface area (TPSA) is 45.2 Å². The predicted molar refractivity (Wildman–Crippen MR) is 99.8 cm³/mol. The maximum Gasteiger partial charge on any atom is 0.270 e. The molecule has 0 radical (unpaired) electrons. The number of piperidine rings is 1. The maximum atomic E-state index is 12.0. The van der Waals surface area contributed by atoms with E-state index in [0.29, 0.717) is 11.7 Å². The van der Waals surface area contributed by atoms with E-state index in [2.05, 4.69) is 45.5 Å². The Morgan fingerprint density at radius 2 is 1.80 bits per heavy atom. The molecule has 130 valence electrons. The van der Waals surface area contributed by atoms with Gasteiger partial charge < -0.3 is 10.2 Å². The summed E-state index contributed by atoms with van der Waals surface area (Å²) in [6.07, 6.45) is 7.63. The lowest BCUT2D eigenvalue weighted by Crippen LogP contribution is -2.34. The van der Waals surface area contributed by atoms with Crippen LogP contribution in [-0.2, 0) is 6.42 Å². The highest BCUT2D eigenvalue weighted by atomic mass is 16.2. The zero-order valence-electron chi connectivity index (χ0n) is 14.5. The van der Waals surface area contributed by atoms with Crippen molar-refractivity contribution >= 4 is 11.6 Å². The summed E-state index contributed by atoms with van der Waals surface area (Å²) in [5.41, 5.74) is 3.09. The summed E-state index contributed by atoms with van der Waals surface area (Å²) in [6.45, 7) is 2.12. The number of amides is 1. The van der Waals surface area contributed by atoms with Crippen LogP contribution in [-0.4, -0.2) is 30.0 Å². The molecule has 2 aliphatic rings. The van der Waals surface area contributed by atoms with E-state index in [-0.39, 0.29) is 5.91 Å². The van der Waals surface area contributed by atoms with Crippen molar-refractivity contribution in [3.05, 3.63) is 59.9 Å². The van der Waals surface area contributed by atoms with Gasteiger partial charge in [-0.1, -0.05) is 30.3 Å². The molecule has 4 rings (SSSR count). The number of nitrogens with zero attached hydrogens (tertiary/aromatic N) is 2. The third-order valence-electron chi connectivity index (χ3n) is 5.24. The van der Waals surface area contributed by atoms with Gasteiger partial charge in [0.15, 0.2) is 0 Å². The summed E-state index contributed by atoms with van der Waals surface area (Å²) < 4.78 is 0. The lowest BCUT2D eigenvalue weighted by atomic mass is 9.90. The van der Waals surface area contributed by atoms with Gasteiger partial charge in [0.25, 0.3) is 5.91 Å². The van der Waals surface area contributed by atoms with E-state index in [1.807, 2.05) is 18.3 Å². The van der Waals surface area contributed by atoms with Crippen molar-refractivity contribution in [2.45, 2.75) is 38.1 Å². The summed E-state index contributed by atoms with van der Waals surface area (Å²) in [5, 5.41) is 2.98. The number of aromatic nitrogens is 1. The van der Waals surface area contributed by atoms with Crippen molar-refractivity contribution in [2.24, 2.45) is 5.92 Å². The molecule has 4 heteroatoms. The van der Waals surface area contributed by atoms with E-state index in [1.54, 1.807) is 0 Å². The number of rotatable bonds is 5. The monoisotopic (exact) mass is 335 g/mol. The van der Waals surface area contributed by atoms with Crippen LogP contribution in [0.2, 0.25) is 0 Å². The first kappa shape index (κ1) is 16.1. The summed E-state index contributed by atoms with van der Waals surface area (Å²) in [5.74, 6) is 0.714. The quantitative estimate of drug-likeness (QED) is 0.910. The van der Waals surface area contributed by atoms with Crippen molar-refractivity contribution in [3.8, 4) is 0 Å². The largest absolute Gasteiger partial charge is 0.370 e. The minimum absolute atomic E-state index is 0.0457. The fraction of sp³-hybridized carbons (Fsp3) is 0.429. The van der Waals surface area contributed by atoms with Crippen LogP contribution >= 0.6 is 0 Å². The van der Waals surface area contributed by atoms with Gasteiger partial charge in [0.05, 0.1) is 11.9 Å². The standard InChI is InChI=1S/C21H25N3O/c25-21(23-18-6-7-18)20-9-8-19(15-22-20)24-12-10-17(11-13-24)14-16-4-2-1-3-5-16/h1-5,8-9,15,17-18H,6-7,10-14H2,(H,23,25). The molecule has 1 aliphatic heterocycles. The molecule has 1 aromatic carbocycles. The van der Waals surface area contributed by atoms with Gasteiger partial charge in [-0.15, -0.1) is 0 Å². The number of anilines is 1. The Labute approximate surface area is 149 Å². The van der Waals surface area contributed by atoms with Gasteiger partial charge in [-0.05, 0) is 55.7 Å². The molecule has 1 amide bonds. The second-order valence-electron chi connectivity index (χ2n) is 7.27. The number of carbonyl (C=O) groups is 1. The van der Waals surface area contributed by atoms with Gasteiger partial charge in [0.1, 0.15) is 5.69 Å². The average molecular weight is 335 g/mol. The Kier molecular flexibility index (Phi) is 4.68. The predicted octanol–water partition coefficient (Wildman–Crippen LogP) is 3.43. The first-order valence-electron chi connectivity index (χ1n) is 9.34. The fourth-order valence-corrected chi connectivity index (χ4v) is 3.54. The van der Waals surface area contributed by atoms with Gasteiger partial charge in [-0.25, -0.2) is 4.98 Å². The second-order valence-corrected chi connectivity index (χ2v) is 7.27. The Hall–Kier alpha value is -2.36. The first-order chi connectivity index (χ1) is 12.3. The molecular weight excluding hydrogens is 310 g/mol. The van der Waals surface area contributed by atoms with Crippen molar-refractivity contribution in [1.82, 2.24) is 10.3 Å². The van der Waals surface area contributed by atoms with Crippen LogP contribution in [0.15, 0.2) is 48.7 Å². The smallest absolute Gasteiger partial charge is 0.270 e. The van der Waals surface area contributed by atoms with Crippen molar-refractivity contribution in [1.29, 1.82) is 0 Å². The summed E-state index contributed by atoms with van der Waals surface area (Å²) >= 11 is 0. The van der Waals surface area contributed by atoms with E-state index in [9.17, 15) is 4.79 Å². The zero-order chi connectivity index (χ0) is 17.1. The molecule has 0 bridgehead atoms. The molecule has 25 heavy (non-hydrogen) atoms. The van der Waals surface area contributed by atoms with E-state index < -0.39 is 0 Å². The van der Waals surface area contributed by atoms with Gasteiger partial charge in [0.2, 0.25) is 0 Å². The summed E-state index contributed by atoms with van der Waals surface area (Å²) in [6, 6.07) is 15.0. The first-order valence-corrected chi connectivity index (χ1v) is 9.34. The van der Waals surface area contributed by atoms with Gasteiger partial charge in [-0.2, -0.15) is 0 Å². The number of hydrogen-bond acceptors (Lipinski definition) is 3. The number of carbonyl (C=O) groups excluding carboxylic acids is 1. The van der Waals surface area contributed by atoms with Crippen LogP contribution in [0.1, 0.15) is 41.7 Å². The maximum absolute atomic E-state index is 12.0. The third kappa shape index (κ3) is 4.19. The molecule has 2 fully saturated rings. The highest BCUT2D eigenvalue weighted by Crippen LogP contribution is 2.25. The molecule has 1 aromatic heterocycles. The summed E-state index contributed by atoms with van der Waals surface area (Å²) in [7, 11) is 0. The van der Waals surface area contributed by atoms with E-state index >= 15 is 0 Å². The normalized spacial score (nSPS) is 18.2. The molecule has 1 N–H and O–H groups in total. The molecule has 0 atom stereocenters.